The Hall–Kier alpha value is -1.72. The number of halogens is 2. The molecule has 2 aromatic rings. The zero-order valence-electron chi connectivity index (χ0n) is 11.9. The molecule has 0 spiro atoms. The first kappa shape index (κ1) is 16.6. The smallest absolute Gasteiger partial charge is 0.262 e. The predicted molar refractivity (Wildman–Crippen MR) is 90.9 cm³/mol. The summed E-state index contributed by atoms with van der Waals surface area (Å²) in [5.74, 6) is 0.915. The highest BCUT2D eigenvalue weighted by atomic mass is 79.9. The van der Waals surface area contributed by atoms with Crippen LogP contribution in [0.5, 0.6) is 11.5 Å². The zero-order chi connectivity index (χ0) is 15.9. The van der Waals surface area contributed by atoms with Crippen LogP contribution in [0, 0.1) is 0 Å². The van der Waals surface area contributed by atoms with Crippen LogP contribution < -0.4 is 14.8 Å². The van der Waals surface area contributed by atoms with Crippen LogP contribution in [0.1, 0.15) is 6.92 Å². The van der Waals surface area contributed by atoms with E-state index in [1.807, 2.05) is 19.1 Å². The van der Waals surface area contributed by atoms with Crippen LogP contribution in [0.3, 0.4) is 0 Å². The summed E-state index contributed by atoms with van der Waals surface area (Å²) in [6, 6.07) is 12.4. The van der Waals surface area contributed by atoms with E-state index >= 15 is 0 Å². The normalized spacial score (nSPS) is 10.1. The van der Waals surface area contributed by atoms with Crippen molar-refractivity contribution in [2.45, 2.75) is 6.92 Å². The van der Waals surface area contributed by atoms with E-state index in [4.69, 9.17) is 21.1 Å². The van der Waals surface area contributed by atoms with Gasteiger partial charge in [0.1, 0.15) is 11.5 Å². The first-order chi connectivity index (χ1) is 10.6. The number of rotatable bonds is 6. The molecule has 0 bridgehead atoms. The molecule has 0 atom stereocenters. The third-order valence-corrected chi connectivity index (χ3v) is 3.57. The van der Waals surface area contributed by atoms with Gasteiger partial charge in [-0.25, -0.2) is 0 Å². The Morgan fingerprint density at radius 1 is 1.18 bits per heavy atom. The van der Waals surface area contributed by atoms with E-state index in [-0.39, 0.29) is 12.5 Å². The molecule has 0 saturated heterocycles. The maximum absolute atomic E-state index is 12.0. The van der Waals surface area contributed by atoms with E-state index in [2.05, 4.69) is 21.2 Å². The molecule has 0 aromatic heterocycles. The summed E-state index contributed by atoms with van der Waals surface area (Å²) in [6.07, 6.45) is 0. The number of carbonyl (C=O) groups is 1. The van der Waals surface area contributed by atoms with Gasteiger partial charge in [0.2, 0.25) is 0 Å². The molecule has 0 radical (unpaired) electrons. The molecule has 6 heteroatoms. The monoisotopic (exact) mass is 383 g/mol. The second-order valence-corrected chi connectivity index (χ2v) is 5.63. The molecule has 0 unspecified atom stereocenters. The third-order valence-electron chi connectivity index (χ3n) is 2.71. The molecule has 1 N–H and O–H groups in total. The number of hydrogen-bond acceptors (Lipinski definition) is 3. The standard InChI is InChI=1S/C16H15BrClNO3/c1-2-21-15-6-4-3-5-13(15)19-16(20)10-22-14-8-7-11(18)9-12(14)17/h3-9H,2,10H2,1H3,(H,19,20). The van der Waals surface area contributed by atoms with E-state index in [9.17, 15) is 4.79 Å². The molecule has 0 aliphatic rings. The van der Waals surface area contributed by atoms with Crippen LogP contribution in [-0.4, -0.2) is 19.1 Å². The van der Waals surface area contributed by atoms with Gasteiger partial charge < -0.3 is 14.8 Å². The van der Waals surface area contributed by atoms with Gasteiger partial charge in [-0.05, 0) is 53.2 Å². The fourth-order valence-corrected chi connectivity index (χ4v) is 2.57. The minimum Gasteiger partial charge on any atom is -0.492 e. The molecule has 22 heavy (non-hydrogen) atoms. The van der Waals surface area contributed by atoms with Crippen LogP contribution >= 0.6 is 27.5 Å². The summed E-state index contributed by atoms with van der Waals surface area (Å²) in [6.45, 7) is 2.31. The summed E-state index contributed by atoms with van der Waals surface area (Å²) in [4.78, 5) is 12.0. The van der Waals surface area contributed by atoms with Crippen molar-refractivity contribution in [3.63, 3.8) is 0 Å². The first-order valence-corrected chi connectivity index (χ1v) is 7.86. The van der Waals surface area contributed by atoms with E-state index in [1.165, 1.54) is 0 Å². The van der Waals surface area contributed by atoms with E-state index < -0.39 is 0 Å². The van der Waals surface area contributed by atoms with Crippen molar-refractivity contribution in [3.8, 4) is 11.5 Å². The molecule has 0 aliphatic heterocycles. The largest absolute Gasteiger partial charge is 0.492 e. The number of benzene rings is 2. The summed E-state index contributed by atoms with van der Waals surface area (Å²) in [5, 5.41) is 3.36. The average molecular weight is 385 g/mol. The second-order valence-electron chi connectivity index (χ2n) is 4.34. The minimum absolute atomic E-state index is 0.110. The lowest BCUT2D eigenvalue weighted by Crippen LogP contribution is -2.20. The number of anilines is 1. The molecule has 2 rings (SSSR count). The van der Waals surface area contributed by atoms with Gasteiger partial charge in [0.15, 0.2) is 6.61 Å². The SMILES string of the molecule is CCOc1ccccc1NC(=O)COc1ccc(Cl)cc1Br. The zero-order valence-corrected chi connectivity index (χ0v) is 14.3. The summed E-state index contributed by atoms with van der Waals surface area (Å²) < 4.78 is 11.6. The maximum Gasteiger partial charge on any atom is 0.262 e. The van der Waals surface area contributed by atoms with Gasteiger partial charge in [0.25, 0.3) is 5.91 Å². The number of carbonyl (C=O) groups excluding carboxylic acids is 1. The van der Waals surface area contributed by atoms with Crippen molar-refractivity contribution >= 4 is 39.1 Å². The van der Waals surface area contributed by atoms with Crippen molar-refractivity contribution < 1.29 is 14.3 Å². The lowest BCUT2D eigenvalue weighted by molar-refractivity contribution is -0.118. The number of para-hydroxylation sites is 2. The third kappa shape index (κ3) is 4.64. The topological polar surface area (TPSA) is 47.6 Å². The van der Waals surface area contributed by atoms with E-state index in [0.29, 0.717) is 33.3 Å². The van der Waals surface area contributed by atoms with Gasteiger partial charge in [-0.1, -0.05) is 23.7 Å². The van der Waals surface area contributed by atoms with Gasteiger partial charge in [-0.15, -0.1) is 0 Å². The molecular formula is C16H15BrClNO3. The Bertz CT molecular complexity index is 664. The number of amides is 1. The molecule has 0 aliphatic carbocycles. The van der Waals surface area contributed by atoms with Crippen LogP contribution in [0.15, 0.2) is 46.9 Å². The lowest BCUT2D eigenvalue weighted by Gasteiger charge is -2.12. The lowest BCUT2D eigenvalue weighted by atomic mass is 10.3. The number of nitrogens with one attached hydrogen (secondary N) is 1. The molecule has 0 heterocycles. The molecule has 0 fully saturated rings. The predicted octanol–water partition coefficient (Wildman–Crippen LogP) is 4.52. The Balaban J connectivity index is 1.96. The highest BCUT2D eigenvalue weighted by Gasteiger charge is 2.09. The number of hydrogen-bond donors (Lipinski definition) is 1. The Labute approximate surface area is 142 Å². The Morgan fingerprint density at radius 2 is 1.95 bits per heavy atom. The van der Waals surface area contributed by atoms with Crippen molar-refractivity contribution in [1.29, 1.82) is 0 Å². The molecular weight excluding hydrogens is 370 g/mol. The highest BCUT2D eigenvalue weighted by Crippen LogP contribution is 2.28. The van der Waals surface area contributed by atoms with Gasteiger partial charge in [0, 0.05) is 5.02 Å². The van der Waals surface area contributed by atoms with Gasteiger partial charge in [-0.2, -0.15) is 0 Å². The van der Waals surface area contributed by atoms with Crippen molar-refractivity contribution in [2.75, 3.05) is 18.5 Å². The summed E-state index contributed by atoms with van der Waals surface area (Å²) in [7, 11) is 0. The maximum atomic E-state index is 12.0. The van der Waals surface area contributed by atoms with Crippen molar-refractivity contribution in [1.82, 2.24) is 0 Å². The molecule has 4 nitrogen and oxygen atoms in total. The second kappa shape index (κ2) is 8.06. The van der Waals surface area contributed by atoms with Gasteiger partial charge >= 0.3 is 0 Å². The van der Waals surface area contributed by atoms with E-state index in [0.717, 1.165) is 0 Å². The number of ether oxygens (including phenoxy) is 2. The Morgan fingerprint density at radius 3 is 2.68 bits per heavy atom. The molecule has 116 valence electrons. The quantitative estimate of drug-likeness (QED) is 0.796. The summed E-state index contributed by atoms with van der Waals surface area (Å²) in [5.41, 5.74) is 0.619. The van der Waals surface area contributed by atoms with E-state index in [1.54, 1.807) is 30.3 Å². The summed E-state index contributed by atoms with van der Waals surface area (Å²) >= 11 is 9.19. The minimum atomic E-state index is -0.269. The fourth-order valence-electron chi connectivity index (χ4n) is 1.77. The van der Waals surface area contributed by atoms with Crippen LogP contribution in [-0.2, 0) is 4.79 Å². The highest BCUT2D eigenvalue weighted by molar-refractivity contribution is 9.10. The fraction of sp³-hybridized carbons (Fsp3) is 0.188. The van der Waals surface area contributed by atoms with Crippen molar-refractivity contribution in [2.24, 2.45) is 0 Å². The van der Waals surface area contributed by atoms with Crippen LogP contribution in [0.25, 0.3) is 0 Å². The van der Waals surface area contributed by atoms with Crippen molar-refractivity contribution in [3.05, 3.63) is 52.0 Å². The van der Waals surface area contributed by atoms with Crippen LogP contribution in [0.4, 0.5) is 5.69 Å². The van der Waals surface area contributed by atoms with Gasteiger partial charge in [-0.3, -0.25) is 4.79 Å². The molecule has 1 amide bonds. The molecule has 2 aromatic carbocycles. The Kier molecular flexibility index (Phi) is 6.10. The average Bonchev–Trinajstić information content (AvgIpc) is 2.48. The molecule has 0 saturated carbocycles. The van der Waals surface area contributed by atoms with Crippen LogP contribution in [0.2, 0.25) is 5.02 Å². The van der Waals surface area contributed by atoms with Gasteiger partial charge in [0.05, 0.1) is 16.8 Å². The first-order valence-electron chi connectivity index (χ1n) is 6.69.